The average Bonchev–Trinajstić information content (AvgIpc) is 2.32. The third-order valence-electron chi connectivity index (χ3n) is 2.05. The molecule has 0 unspecified atom stereocenters. The molecule has 0 bridgehead atoms. The van der Waals surface area contributed by atoms with Crippen LogP contribution in [0.25, 0.3) is 11.1 Å². The molecule has 0 fully saturated rings. The van der Waals surface area contributed by atoms with Gasteiger partial charge in [-0.25, -0.2) is 0 Å². The Morgan fingerprint density at radius 2 is 1.56 bits per heavy atom. The van der Waals surface area contributed by atoms with Gasteiger partial charge in [-0.3, -0.25) is 4.98 Å². The molecule has 0 saturated carbocycles. The summed E-state index contributed by atoms with van der Waals surface area (Å²) >= 11 is 0. The van der Waals surface area contributed by atoms with Crippen LogP contribution in [0.5, 0.6) is 0 Å². The Hall–Kier alpha value is -1.63. The fourth-order valence-electron chi connectivity index (χ4n) is 1.28. The van der Waals surface area contributed by atoms with Crippen LogP contribution in [-0.4, -0.2) is 4.98 Å². The lowest BCUT2D eigenvalue weighted by Crippen LogP contribution is -1.78. The SMILES string of the molecule is CCC.Cc1ccc(-c2cccnc2)cc1. The van der Waals surface area contributed by atoms with Crippen molar-refractivity contribution in [3.63, 3.8) is 0 Å². The zero-order valence-corrected chi connectivity index (χ0v) is 10.3. The van der Waals surface area contributed by atoms with E-state index in [9.17, 15) is 0 Å². The molecule has 0 aliphatic heterocycles. The third kappa shape index (κ3) is 3.85. The zero-order valence-electron chi connectivity index (χ0n) is 10.3. The second-order valence-electron chi connectivity index (χ2n) is 3.81. The van der Waals surface area contributed by atoms with E-state index in [-0.39, 0.29) is 0 Å². The minimum atomic E-state index is 1.17. The second kappa shape index (κ2) is 6.78. The van der Waals surface area contributed by atoms with Crippen LogP contribution in [0.3, 0.4) is 0 Å². The Labute approximate surface area is 98.2 Å². The lowest BCUT2D eigenvalue weighted by Gasteiger charge is -2.00. The van der Waals surface area contributed by atoms with E-state index < -0.39 is 0 Å². The van der Waals surface area contributed by atoms with Gasteiger partial charge in [-0.1, -0.05) is 56.2 Å². The van der Waals surface area contributed by atoms with Crippen molar-refractivity contribution in [3.05, 3.63) is 54.4 Å². The summed E-state index contributed by atoms with van der Waals surface area (Å²) in [4.78, 5) is 4.08. The predicted molar refractivity (Wildman–Crippen MR) is 70.4 cm³/mol. The summed E-state index contributed by atoms with van der Waals surface area (Å²) in [7, 11) is 0. The number of aromatic nitrogens is 1. The fraction of sp³-hybridized carbons (Fsp3) is 0.267. The Balaban J connectivity index is 0.000000386. The van der Waals surface area contributed by atoms with Gasteiger partial charge < -0.3 is 0 Å². The standard InChI is InChI=1S/C12H11N.C3H8/c1-10-4-6-11(7-5-10)12-3-2-8-13-9-12;1-3-2/h2-9H,1H3;3H2,1-2H3. The molecule has 0 amide bonds. The highest BCUT2D eigenvalue weighted by Gasteiger charge is 1.94. The van der Waals surface area contributed by atoms with Gasteiger partial charge in [0.1, 0.15) is 0 Å². The maximum atomic E-state index is 4.08. The van der Waals surface area contributed by atoms with Crippen LogP contribution in [0.15, 0.2) is 48.8 Å². The van der Waals surface area contributed by atoms with E-state index in [0.29, 0.717) is 0 Å². The Bertz CT molecular complexity index is 390. The van der Waals surface area contributed by atoms with Gasteiger partial charge in [-0.15, -0.1) is 0 Å². The molecule has 0 spiro atoms. The molecule has 0 aliphatic carbocycles. The molecule has 1 nitrogen and oxygen atoms in total. The largest absolute Gasteiger partial charge is 0.264 e. The van der Waals surface area contributed by atoms with Crippen molar-refractivity contribution >= 4 is 0 Å². The van der Waals surface area contributed by atoms with E-state index in [1.54, 1.807) is 6.20 Å². The van der Waals surface area contributed by atoms with Crippen molar-refractivity contribution in [2.45, 2.75) is 27.2 Å². The smallest absolute Gasteiger partial charge is 0.0346 e. The molecular formula is C15H19N. The minimum Gasteiger partial charge on any atom is -0.264 e. The topological polar surface area (TPSA) is 12.9 Å². The number of hydrogen-bond donors (Lipinski definition) is 0. The molecule has 1 heteroatoms. The lowest BCUT2D eigenvalue weighted by atomic mass is 10.1. The molecule has 1 aromatic heterocycles. The first-order valence-corrected chi connectivity index (χ1v) is 5.75. The van der Waals surface area contributed by atoms with Crippen molar-refractivity contribution < 1.29 is 0 Å². The van der Waals surface area contributed by atoms with Gasteiger partial charge in [-0.05, 0) is 24.1 Å². The molecule has 2 rings (SSSR count). The Kier molecular flexibility index (Phi) is 5.27. The van der Waals surface area contributed by atoms with E-state index in [1.807, 2.05) is 12.3 Å². The highest BCUT2D eigenvalue weighted by atomic mass is 14.6. The van der Waals surface area contributed by atoms with Crippen LogP contribution in [-0.2, 0) is 0 Å². The normalized spacial score (nSPS) is 9.19. The first-order valence-electron chi connectivity index (χ1n) is 5.75. The molecule has 2 aromatic rings. The maximum absolute atomic E-state index is 4.08. The summed E-state index contributed by atoms with van der Waals surface area (Å²) in [6.45, 7) is 6.34. The number of aryl methyl sites for hydroxylation is 1. The van der Waals surface area contributed by atoms with Gasteiger partial charge in [0.15, 0.2) is 0 Å². The summed E-state index contributed by atoms with van der Waals surface area (Å²) in [5.41, 5.74) is 3.67. The van der Waals surface area contributed by atoms with E-state index in [4.69, 9.17) is 0 Å². The third-order valence-corrected chi connectivity index (χ3v) is 2.05. The van der Waals surface area contributed by atoms with E-state index >= 15 is 0 Å². The Morgan fingerprint density at radius 1 is 0.938 bits per heavy atom. The number of rotatable bonds is 1. The average molecular weight is 213 g/mol. The van der Waals surface area contributed by atoms with Crippen molar-refractivity contribution in [2.24, 2.45) is 0 Å². The first kappa shape index (κ1) is 12.4. The van der Waals surface area contributed by atoms with E-state index in [1.165, 1.54) is 23.1 Å². The lowest BCUT2D eigenvalue weighted by molar-refractivity contribution is 1.09. The quantitative estimate of drug-likeness (QED) is 0.681. The molecule has 0 saturated heterocycles. The van der Waals surface area contributed by atoms with Crippen molar-refractivity contribution in [1.29, 1.82) is 0 Å². The van der Waals surface area contributed by atoms with E-state index in [0.717, 1.165) is 0 Å². The second-order valence-corrected chi connectivity index (χ2v) is 3.81. The zero-order chi connectivity index (χ0) is 11.8. The minimum absolute atomic E-state index is 1.17. The highest BCUT2D eigenvalue weighted by Crippen LogP contribution is 2.17. The van der Waals surface area contributed by atoms with Crippen molar-refractivity contribution in [3.8, 4) is 11.1 Å². The van der Waals surface area contributed by atoms with Crippen LogP contribution in [0.1, 0.15) is 25.8 Å². The molecule has 0 atom stereocenters. The number of nitrogens with zero attached hydrogens (tertiary/aromatic N) is 1. The molecule has 0 aliphatic rings. The van der Waals surface area contributed by atoms with E-state index in [2.05, 4.69) is 56.1 Å². The molecule has 16 heavy (non-hydrogen) atoms. The van der Waals surface area contributed by atoms with Crippen molar-refractivity contribution in [2.75, 3.05) is 0 Å². The molecule has 84 valence electrons. The number of benzene rings is 1. The predicted octanol–water partition coefficient (Wildman–Crippen LogP) is 4.47. The van der Waals surface area contributed by atoms with Crippen LogP contribution < -0.4 is 0 Å². The monoisotopic (exact) mass is 213 g/mol. The van der Waals surface area contributed by atoms with Gasteiger partial charge in [0.25, 0.3) is 0 Å². The molecule has 1 heterocycles. The van der Waals surface area contributed by atoms with Crippen LogP contribution in [0, 0.1) is 6.92 Å². The summed E-state index contributed by atoms with van der Waals surface area (Å²) in [5, 5.41) is 0. The molecule has 0 radical (unpaired) electrons. The summed E-state index contributed by atoms with van der Waals surface area (Å²) in [5.74, 6) is 0. The summed E-state index contributed by atoms with van der Waals surface area (Å²) in [6.07, 6.45) is 4.92. The van der Waals surface area contributed by atoms with Crippen LogP contribution >= 0.6 is 0 Å². The number of hydrogen-bond acceptors (Lipinski definition) is 1. The van der Waals surface area contributed by atoms with Gasteiger partial charge in [0, 0.05) is 12.4 Å². The summed E-state index contributed by atoms with van der Waals surface area (Å²) < 4.78 is 0. The van der Waals surface area contributed by atoms with Gasteiger partial charge in [0.2, 0.25) is 0 Å². The maximum Gasteiger partial charge on any atom is 0.0346 e. The van der Waals surface area contributed by atoms with Gasteiger partial charge >= 0.3 is 0 Å². The molecule has 1 aromatic carbocycles. The van der Waals surface area contributed by atoms with Crippen molar-refractivity contribution in [1.82, 2.24) is 4.98 Å². The highest BCUT2D eigenvalue weighted by molar-refractivity contribution is 5.62. The molecular weight excluding hydrogens is 194 g/mol. The summed E-state index contributed by atoms with van der Waals surface area (Å²) in [6, 6.07) is 12.5. The van der Waals surface area contributed by atoms with Gasteiger partial charge in [0.05, 0.1) is 0 Å². The molecule has 0 N–H and O–H groups in total. The Morgan fingerprint density at radius 3 is 2.06 bits per heavy atom. The first-order chi connectivity index (χ1) is 7.77. The fourth-order valence-corrected chi connectivity index (χ4v) is 1.28. The van der Waals surface area contributed by atoms with Gasteiger partial charge in [-0.2, -0.15) is 0 Å². The van der Waals surface area contributed by atoms with Crippen LogP contribution in [0.2, 0.25) is 0 Å². The van der Waals surface area contributed by atoms with Crippen LogP contribution in [0.4, 0.5) is 0 Å². The number of pyridine rings is 1.